The summed E-state index contributed by atoms with van der Waals surface area (Å²) in [5.74, 6) is 1.32. The van der Waals surface area contributed by atoms with Crippen LogP contribution in [0.15, 0.2) is 60.7 Å². The highest BCUT2D eigenvalue weighted by Crippen LogP contribution is 2.44. The van der Waals surface area contributed by atoms with E-state index in [0.717, 1.165) is 28.3 Å². The van der Waals surface area contributed by atoms with Crippen molar-refractivity contribution in [2.45, 2.75) is 12.3 Å². The van der Waals surface area contributed by atoms with Crippen molar-refractivity contribution in [1.29, 1.82) is 0 Å². The van der Waals surface area contributed by atoms with Gasteiger partial charge in [-0.3, -0.25) is 0 Å². The molecule has 3 aromatic carbocycles. The Kier molecular flexibility index (Phi) is 5.94. The molecule has 0 unspecified atom stereocenters. The summed E-state index contributed by atoms with van der Waals surface area (Å²) in [4.78, 5) is 12.1. The fraction of sp³-hybridized carbons (Fsp3) is 0.160. The summed E-state index contributed by atoms with van der Waals surface area (Å²) in [5, 5.41) is 2.56. The van der Waals surface area contributed by atoms with Crippen LogP contribution in [0.1, 0.15) is 29.0 Å². The van der Waals surface area contributed by atoms with E-state index in [2.05, 4.69) is 29.3 Å². The van der Waals surface area contributed by atoms with Gasteiger partial charge in [-0.25, -0.2) is 18.0 Å². The van der Waals surface area contributed by atoms with Crippen molar-refractivity contribution in [3.05, 3.63) is 94.8 Å². The Labute approximate surface area is 177 Å². The number of hydrogen-bond donors (Lipinski definition) is 1. The normalized spacial score (nSPS) is 11.8. The van der Waals surface area contributed by atoms with E-state index in [0.29, 0.717) is 6.07 Å². The summed E-state index contributed by atoms with van der Waals surface area (Å²) in [6.45, 7) is 0.313. The maximum absolute atomic E-state index is 13.6. The first-order valence-electron chi connectivity index (χ1n) is 9.77. The van der Waals surface area contributed by atoms with Gasteiger partial charge in [0.15, 0.2) is 11.6 Å². The molecule has 3 aromatic rings. The highest BCUT2D eigenvalue weighted by Gasteiger charge is 2.28. The van der Waals surface area contributed by atoms with Crippen molar-refractivity contribution >= 4 is 6.09 Å². The Morgan fingerprint density at radius 1 is 0.903 bits per heavy atom. The lowest BCUT2D eigenvalue weighted by atomic mass is 9.98. The van der Waals surface area contributed by atoms with Gasteiger partial charge in [0.05, 0.1) is 5.56 Å². The van der Waals surface area contributed by atoms with Gasteiger partial charge in [0, 0.05) is 18.9 Å². The standard InChI is InChI=1S/C25H18F3NO2/c26-22-12-13-23(27)24(28)20(22)11-5-6-14-29-25(30)31-15-21-18-9-3-1-7-16(18)17-8-2-4-10-19(17)21/h1-4,7-10,12-13,21H,6,14-15H2,(H,29,30). The zero-order valence-electron chi connectivity index (χ0n) is 16.4. The van der Waals surface area contributed by atoms with Gasteiger partial charge in [-0.15, -0.1) is 0 Å². The first-order chi connectivity index (χ1) is 15.1. The molecule has 4 rings (SSSR count). The number of fused-ring (bicyclic) bond motifs is 3. The van der Waals surface area contributed by atoms with E-state index in [4.69, 9.17) is 4.74 Å². The van der Waals surface area contributed by atoms with Crippen LogP contribution in [0.25, 0.3) is 11.1 Å². The molecule has 0 fully saturated rings. The van der Waals surface area contributed by atoms with Gasteiger partial charge >= 0.3 is 6.09 Å². The van der Waals surface area contributed by atoms with E-state index in [9.17, 15) is 18.0 Å². The van der Waals surface area contributed by atoms with Gasteiger partial charge in [0.2, 0.25) is 0 Å². The third-order valence-corrected chi connectivity index (χ3v) is 5.12. The fourth-order valence-corrected chi connectivity index (χ4v) is 3.67. The van der Waals surface area contributed by atoms with Gasteiger partial charge in [-0.1, -0.05) is 60.4 Å². The van der Waals surface area contributed by atoms with E-state index in [1.165, 1.54) is 0 Å². The van der Waals surface area contributed by atoms with Gasteiger partial charge in [0.1, 0.15) is 12.4 Å². The van der Waals surface area contributed by atoms with Gasteiger partial charge in [-0.2, -0.15) is 0 Å². The monoisotopic (exact) mass is 421 g/mol. The molecule has 0 saturated carbocycles. The molecule has 6 heteroatoms. The van der Waals surface area contributed by atoms with Crippen LogP contribution in [0.5, 0.6) is 0 Å². The zero-order chi connectivity index (χ0) is 21.8. The maximum Gasteiger partial charge on any atom is 0.407 e. The first-order valence-corrected chi connectivity index (χ1v) is 9.77. The number of rotatable bonds is 4. The molecule has 31 heavy (non-hydrogen) atoms. The fourth-order valence-electron chi connectivity index (χ4n) is 3.67. The van der Waals surface area contributed by atoms with Crippen LogP contribution in [0.3, 0.4) is 0 Å². The predicted molar refractivity (Wildman–Crippen MR) is 111 cm³/mol. The Morgan fingerprint density at radius 3 is 2.19 bits per heavy atom. The highest BCUT2D eigenvalue weighted by molar-refractivity contribution is 5.79. The van der Waals surface area contributed by atoms with E-state index in [1.807, 2.05) is 36.4 Å². The topological polar surface area (TPSA) is 38.3 Å². The summed E-state index contributed by atoms with van der Waals surface area (Å²) in [6, 6.07) is 17.6. The average Bonchev–Trinajstić information content (AvgIpc) is 3.10. The van der Waals surface area contributed by atoms with E-state index in [-0.39, 0.29) is 25.5 Å². The number of alkyl carbamates (subject to hydrolysis) is 1. The molecule has 0 heterocycles. The molecule has 0 saturated heterocycles. The molecule has 0 aliphatic heterocycles. The van der Waals surface area contributed by atoms with Crippen LogP contribution in [0.4, 0.5) is 18.0 Å². The Morgan fingerprint density at radius 2 is 1.52 bits per heavy atom. The second-order valence-electron chi connectivity index (χ2n) is 7.02. The minimum atomic E-state index is -1.32. The Balaban J connectivity index is 1.31. The highest BCUT2D eigenvalue weighted by atomic mass is 19.2. The summed E-state index contributed by atoms with van der Waals surface area (Å²) >= 11 is 0. The van der Waals surface area contributed by atoms with Crippen molar-refractivity contribution in [2.75, 3.05) is 13.2 Å². The SMILES string of the molecule is O=C(NCCC#Cc1c(F)ccc(F)c1F)OCC1c2ccccc2-c2ccccc21. The average molecular weight is 421 g/mol. The van der Waals surface area contributed by atoms with Gasteiger partial charge < -0.3 is 10.1 Å². The third-order valence-electron chi connectivity index (χ3n) is 5.12. The molecule has 1 N–H and O–H groups in total. The molecule has 1 amide bonds. The molecular weight excluding hydrogens is 403 g/mol. The molecule has 0 radical (unpaired) electrons. The second kappa shape index (κ2) is 8.97. The van der Waals surface area contributed by atoms with Crippen LogP contribution >= 0.6 is 0 Å². The van der Waals surface area contributed by atoms with E-state index in [1.54, 1.807) is 0 Å². The summed E-state index contributed by atoms with van der Waals surface area (Å²) in [7, 11) is 0. The third kappa shape index (κ3) is 4.26. The molecule has 1 aliphatic carbocycles. The molecule has 0 bridgehead atoms. The number of carbonyl (C=O) groups is 1. The molecule has 0 atom stereocenters. The van der Waals surface area contributed by atoms with Crippen molar-refractivity contribution in [3.8, 4) is 23.0 Å². The molecule has 0 spiro atoms. The van der Waals surface area contributed by atoms with Crippen molar-refractivity contribution < 1.29 is 22.7 Å². The largest absolute Gasteiger partial charge is 0.449 e. The lowest BCUT2D eigenvalue weighted by Crippen LogP contribution is -2.26. The predicted octanol–water partition coefficient (Wildman–Crippen LogP) is 5.38. The molecule has 156 valence electrons. The molecule has 1 aliphatic rings. The lowest BCUT2D eigenvalue weighted by molar-refractivity contribution is 0.143. The van der Waals surface area contributed by atoms with Gasteiger partial charge in [0.25, 0.3) is 0 Å². The second-order valence-corrected chi connectivity index (χ2v) is 7.02. The molecular formula is C25H18F3NO2. The number of nitrogens with one attached hydrogen (secondary N) is 1. The van der Waals surface area contributed by atoms with Crippen molar-refractivity contribution in [1.82, 2.24) is 5.32 Å². The van der Waals surface area contributed by atoms with Crippen LogP contribution < -0.4 is 5.32 Å². The summed E-state index contributed by atoms with van der Waals surface area (Å²) in [6.07, 6.45) is -0.480. The zero-order valence-corrected chi connectivity index (χ0v) is 16.4. The van der Waals surface area contributed by atoms with Crippen molar-refractivity contribution in [3.63, 3.8) is 0 Å². The van der Waals surface area contributed by atoms with Crippen LogP contribution in [0.2, 0.25) is 0 Å². The van der Waals surface area contributed by atoms with Crippen molar-refractivity contribution in [2.24, 2.45) is 0 Å². The molecule has 3 nitrogen and oxygen atoms in total. The summed E-state index contributed by atoms with van der Waals surface area (Å²) in [5.41, 5.74) is 3.88. The quantitative estimate of drug-likeness (QED) is 0.349. The number of hydrogen-bond acceptors (Lipinski definition) is 2. The maximum atomic E-state index is 13.6. The number of halogens is 3. The number of amides is 1. The Bertz CT molecular complexity index is 1150. The number of benzene rings is 3. The van der Waals surface area contributed by atoms with Crippen LogP contribution in [-0.2, 0) is 4.74 Å². The number of carbonyl (C=O) groups excluding carboxylic acids is 1. The van der Waals surface area contributed by atoms with Crippen LogP contribution in [0, 0.1) is 29.3 Å². The van der Waals surface area contributed by atoms with E-state index >= 15 is 0 Å². The number of ether oxygens (including phenoxy) is 1. The minimum Gasteiger partial charge on any atom is -0.449 e. The summed E-state index contributed by atoms with van der Waals surface area (Å²) < 4.78 is 45.6. The smallest absolute Gasteiger partial charge is 0.407 e. The molecule has 0 aromatic heterocycles. The van der Waals surface area contributed by atoms with Gasteiger partial charge in [-0.05, 0) is 34.4 Å². The van der Waals surface area contributed by atoms with Crippen LogP contribution in [-0.4, -0.2) is 19.2 Å². The Hall–Kier alpha value is -3.72. The minimum absolute atomic E-state index is 0.0446. The lowest BCUT2D eigenvalue weighted by Gasteiger charge is -2.14. The first kappa shape index (κ1) is 20.5. The van der Waals surface area contributed by atoms with E-state index < -0.39 is 29.1 Å².